The van der Waals surface area contributed by atoms with E-state index in [4.69, 9.17) is 21.6 Å². The lowest BCUT2D eigenvalue weighted by atomic mass is 10.1. The maximum absolute atomic E-state index is 12.5. The minimum atomic E-state index is -0.515. The molecule has 2 aromatic heterocycles. The Kier molecular flexibility index (Phi) is 6.45. The van der Waals surface area contributed by atoms with Crippen LogP contribution in [0.2, 0.25) is 0 Å². The van der Waals surface area contributed by atoms with Gasteiger partial charge in [0.1, 0.15) is 17.0 Å². The largest absolute Gasteiger partial charge is 0.354 e. The molecular formula is C26H27ClN6O. The van der Waals surface area contributed by atoms with Crippen molar-refractivity contribution in [3.05, 3.63) is 78.2 Å². The number of aromatic nitrogens is 4. The smallest absolute Gasteiger partial charge is 0.240 e. The van der Waals surface area contributed by atoms with Gasteiger partial charge in [0.15, 0.2) is 5.65 Å². The summed E-state index contributed by atoms with van der Waals surface area (Å²) >= 11 is 6.07. The lowest BCUT2D eigenvalue weighted by Crippen LogP contribution is -2.38. The summed E-state index contributed by atoms with van der Waals surface area (Å²) in [4.78, 5) is 26.5. The van der Waals surface area contributed by atoms with E-state index in [0.717, 1.165) is 46.9 Å². The highest BCUT2D eigenvalue weighted by molar-refractivity contribution is 6.30. The molecule has 174 valence electrons. The molecule has 8 heteroatoms. The van der Waals surface area contributed by atoms with Gasteiger partial charge in [0.05, 0.1) is 17.3 Å². The van der Waals surface area contributed by atoms with E-state index in [1.165, 1.54) is 0 Å². The molecule has 1 atom stereocenters. The highest BCUT2D eigenvalue weighted by Crippen LogP contribution is 2.27. The van der Waals surface area contributed by atoms with Crippen molar-refractivity contribution >= 4 is 34.4 Å². The van der Waals surface area contributed by atoms with Gasteiger partial charge < -0.3 is 9.80 Å². The molecule has 7 nitrogen and oxygen atoms in total. The predicted octanol–water partition coefficient (Wildman–Crippen LogP) is 4.07. The Hall–Kier alpha value is -3.45. The van der Waals surface area contributed by atoms with Gasteiger partial charge in [-0.15, -0.1) is 11.6 Å². The standard InChI is InChI=1S/C26H27ClN6O/c1-19(27)26(34)32-14-8-13-31(15-16-32)24-22-18-28-33(21-11-6-3-7-12-21)25(22)30-23(29-24)17-20-9-4-2-5-10-20/h2-7,9-12,18-19H,8,13-17H2,1H3. The highest BCUT2D eigenvalue weighted by atomic mass is 35.5. The Labute approximate surface area is 204 Å². The van der Waals surface area contributed by atoms with Crippen molar-refractivity contribution in [2.75, 3.05) is 31.1 Å². The van der Waals surface area contributed by atoms with Gasteiger partial charge in [-0.25, -0.2) is 14.6 Å². The third-order valence-corrected chi connectivity index (χ3v) is 6.29. The van der Waals surface area contributed by atoms with Crippen molar-refractivity contribution in [1.29, 1.82) is 0 Å². The summed E-state index contributed by atoms with van der Waals surface area (Å²) in [5.74, 6) is 1.60. The summed E-state index contributed by atoms with van der Waals surface area (Å²) in [6.45, 7) is 4.52. The molecule has 5 rings (SSSR count). The Morgan fingerprint density at radius 3 is 2.44 bits per heavy atom. The summed E-state index contributed by atoms with van der Waals surface area (Å²) in [7, 11) is 0. The maximum Gasteiger partial charge on any atom is 0.240 e. The van der Waals surface area contributed by atoms with Crippen molar-refractivity contribution in [2.45, 2.75) is 25.1 Å². The van der Waals surface area contributed by atoms with Crippen LogP contribution < -0.4 is 4.90 Å². The number of alkyl halides is 1. The molecule has 0 radical (unpaired) electrons. The number of hydrogen-bond acceptors (Lipinski definition) is 5. The number of carbonyl (C=O) groups is 1. The van der Waals surface area contributed by atoms with Crippen LogP contribution in [0.3, 0.4) is 0 Å². The van der Waals surface area contributed by atoms with Crippen molar-refractivity contribution in [2.24, 2.45) is 0 Å². The normalized spacial score (nSPS) is 15.4. The second-order valence-electron chi connectivity index (χ2n) is 8.54. The fourth-order valence-electron chi connectivity index (χ4n) is 4.39. The summed E-state index contributed by atoms with van der Waals surface area (Å²) in [5, 5.41) is 5.06. The number of amides is 1. The summed E-state index contributed by atoms with van der Waals surface area (Å²) in [6, 6.07) is 20.3. The Morgan fingerprint density at radius 2 is 1.71 bits per heavy atom. The topological polar surface area (TPSA) is 67.2 Å². The molecule has 0 spiro atoms. The van der Waals surface area contributed by atoms with Crippen molar-refractivity contribution in [3.63, 3.8) is 0 Å². The third-order valence-electron chi connectivity index (χ3n) is 6.11. The van der Waals surface area contributed by atoms with E-state index in [9.17, 15) is 4.79 Å². The molecule has 4 aromatic rings. The number of rotatable bonds is 5. The first kappa shape index (κ1) is 22.3. The van der Waals surface area contributed by atoms with Crippen LogP contribution in [-0.2, 0) is 11.2 Å². The molecule has 3 heterocycles. The number of anilines is 1. The van der Waals surface area contributed by atoms with Crippen molar-refractivity contribution < 1.29 is 4.79 Å². The van der Waals surface area contributed by atoms with Crippen molar-refractivity contribution in [1.82, 2.24) is 24.6 Å². The molecule has 0 N–H and O–H groups in total. The zero-order valence-corrected chi connectivity index (χ0v) is 19.9. The molecule has 34 heavy (non-hydrogen) atoms. The van der Waals surface area contributed by atoms with Gasteiger partial charge in [-0.1, -0.05) is 48.5 Å². The molecule has 0 saturated carbocycles. The van der Waals surface area contributed by atoms with Crippen LogP contribution in [-0.4, -0.2) is 62.1 Å². The monoisotopic (exact) mass is 474 g/mol. The number of nitrogens with zero attached hydrogens (tertiary/aromatic N) is 6. The maximum atomic E-state index is 12.5. The Morgan fingerprint density at radius 1 is 0.971 bits per heavy atom. The van der Waals surface area contributed by atoms with E-state index in [0.29, 0.717) is 26.1 Å². The zero-order valence-electron chi connectivity index (χ0n) is 19.1. The van der Waals surface area contributed by atoms with Crippen LogP contribution in [0, 0.1) is 0 Å². The quantitative estimate of drug-likeness (QED) is 0.408. The fraction of sp³-hybridized carbons (Fsp3) is 0.308. The van der Waals surface area contributed by atoms with Crippen LogP contribution in [0.1, 0.15) is 24.7 Å². The molecule has 2 aromatic carbocycles. The first-order chi connectivity index (χ1) is 16.6. The van der Waals surface area contributed by atoms with Gasteiger partial charge in [-0.05, 0) is 31.0 Å². The average molecular weight is 475 g/mol. The molecule has 1 aliphatic rings. The minimum Gasteiger partial charge on any atom is -0.354 e. The van der Waals surface area contributed by atoms with Gasteiger partial charge >= 0.3 is 0 Å². The number of hydrogen-bond donors (Lipinski definition) is 0. The second-order valence-corrected chi connectivity index (χ2v) is 9.19. The van der Waals surface area contributed by atoms with Gasteiger partial charge in [-0.2, -0.15) is 5.10 Å². The molecular weight excluding hydrogens is 448 g/mol. The predicted molar refractivity (Wildman–Crippen MR) is 135 cm³/mol. The van der Waals surface area contributed by atoms with E-state index in [1.807, 2.05) is 64.3 Å². The van der Waals surface area contributed by atoms with E-state index >= 15 is 0 Å². The SMILES string of the molecule is CC(Cl)C(=O)N1CCCN(c2nc(Cc3ccccc3)nc3c2cnn3-c2ccccc2)CC1. The highest BCUT2D eigenvalue weighted by Gasteiger charge is 2.25. The first-order valence-corrected chi connectivity index (χ1v) is 12.1. The minimum absolute atomic E-state index is 0.0157. The summed E-state index contributed by atoms with van der Waals surface area (Å²) < 4.78 is 1.87. The van der Waals surface area contributed by atoms with Gasteiger partial charge in [0.2, 0.25) is 5.91 Å². The summed E-state index contributed by atoms with van der Waals surface area (Å²) in [6.07, 6.45) is 3.33. The molecule has 0 aliphatic carbocycles. The molecule has 1 saturated heterocycles. The number of carbonyl (C=O) groups excluding carboxylic acids is 1. The number of benzene rings is 2. The van der Waals surface area contributed by atoms with E-state index < -0.39 is 5.38 Å². The van der Waals surface area contributed by atoms with Crippen LogP contribution in [0.5, 0.6) is 0 Å². The van der Waals surface area contributed by atoms with Crippen LogP contribution in [0.15, 0.2) is 66.9 Å². The van der Waals surface area contributed by atoms with Crippen LogP contribution in [0.25, 0.3) is 16.7 Å². The van der Waals surface area contributed by atoms with Crippen LogP contribution in [0.4, 0.5) is 5.82 Å². The molecule has 0 bridgehead atoms. The second kappa shape index (κ2) is 9.81. The lowest BCUT2D eigenvalue weighted by Gasteiger charge is -2.24. The molecule has 1 fully saturated rings. The molecule has 1 aliphatic heterocycles. The zero-order chi connectivity index (χ0) is 23.5. The lowest BCUT2D eigenvalue weighted by molar-refractivity contribution is -0.130. The number of para-hydroxylation sites is 1. The van der Waals surface area contributed by atoms with E-state index in [2.05, 4.69) is 22.1 Å². The van der Waals surface area contributed by atoms with Gasteiger partial charge in [-0.3, -0.25) is 4.79 Å². The Bertz CT molecular complexity index is 1270. The Balaban J connectivity index is 1.55. The number of fused-ring (bicyclic) bond motifs is 1. The molecule has 1 amide bonds. The molecule has 1 unspecified atom stereocenters. The van der Waals surface area contributed by atoms with Gasteiger partial charge in [0, 0.05) is 32.6 Å². The third kappa shape index (κ3) is 4.61. The summed E-state index contributed by atoms with van der Waals surface area (Å²) in [5.41, 5.74) is 2.90. The van der Waals surface area contributed by atoms with E-state index in [1.54, 1.807) is 6.92 Å². The van der Waals surface area contributed by atoms with Crippen LogP contribution >= 0.6 is 11.6 Å². The average Bonchev–Trinajstić information content (AvgIpc) is 3.13. The van der Waals surface area contributed by atoms with Gasteiger partial charge in [0.25, 0.3) is 0 Å². The van der Waals surface area contributed by atoms with Crippen molar-refractivity contribution in [3.8, 4) is 5.69 Å². The first-order valence-electron chi connectivity index (χ1n) is 11.6. The fourth-order valence-corrected chi connectivity index (χ4v) is 4.53. The van der Waals surface area contributed by atoms with E-state index in [-0.39, 0.29) is 5.91 Å². The number of halogens is 1.